The van der Waals surface area contributed by atoms with Crippen molar-refractivity contribution in [2.45, 2.75) is 19.9 Å². The zero-order valence-corrected chi connectivity index (χ0v) is 10.5. The van der Waals surface area contributed by atoms with Crippen LogP contribution in [0.1, 0.15) is 24.1 Å². The van der Waals surface area contributed by atoms with E-state index in [1.807, 2.05) is 35.3 Å². The molecule has 0 aliphatic carbocycles. The molecule has 2 rings (SSSR count). The molecule has 1 aromatic carbocycles. The molecule has 1 aromatic heterocycles. The number of hydrogen-bond acceptors (Lipinski definition) is 2. The van der Waals surface area contributed by atoms with Crippen molar-refractivity contribution in [2.75, 3.05) is 12.5 Å². The summed E-state index contributed by atoms with van der Waals surface area (Å²) >= 11 is 0. The monoisotopic (exact) mass is 230 g/mol. The van der Waals surface area contributed by atoms with Gasteiger partial charge >= 0.3 is 0 Å². The molecule has 17 heavy (non-hydrogen) atoms. The second-order valence-electron chi connectivity index (χ2n) is 4.19. The van der Waals surface area contributed by atoms with Gasteiger partial charge in [-0.05, 0) is 32.0 Å². The molecule has 1 unspecified atom stereocenters. The zero-order valence-electron chi connectivity index (χ0n) is 10.5. The Labute approximate surface area is 102 Å². The fourth-order valence-corrected chi connectivity index (χ4v) is 1.91. The van der Waals surface area contributed by atoms with Crippen LogP contribution >= 0.6 is 0 Å². The van der Waals surface area contributed by atoms with E-state index in [2.05, 4.69) is 31.4 Å². The van der Waals surface area contributed by atoms with Gasteiger partial charge in [0.1, 0.15) is 5.75 Å². The smallest absolute Gasteiger partial charge is 0.124 e. The summed E-state index contributed by atoms with van der Waals surface area (Å²) in [6.45, 7) is 4.21. The third-order valence-corrected chi connectivity index (χ3v) is 2.80. The summed E-state index contributed by atoms with van der Waals surface area (Å²) in [7, 11) is 1.70. The summed E-state index contributed by atoms with van der Waals surface area (Å²) in [5.74, 6) is 0.919. The Morgan fingerprint density at radius 3 is 2.59 bits per heavy atom. The number of nitrogens with zero attached hydrogens (tertiary/aromatic N) is 1. The maximum absolute atomic E-state index is 5.39. The Morgan fingerprint density at radius 1 is 1.24 bits per heavy atom. The first-order valence-electron chi connectivity index (χ1n) is 5.75. The molecule has 0 amide bonds. The first-order valence-corrected chi connectivity index (χ1v) is 5.75. The number of ether oxygens (including phenoxy) is 1. The van der Waals surface area contributed by atoms with Gasteiger partial charge in [-0.25, -0.2) is 0 Å². The van der Waals surface area contributed by atoms with Gasteiger partial charge in [-0.1, -0.05) is 17.7 Å². The normalized spacial score (nSPS) is 12.2. The van der Waals surface area contributed by atoms with Gasteiger partial charge in [0.15, 0.2) is 0 Å². The van der Waals surface area contributed by atoms with E-state index in [9.17, 15) is 0 Å². The maximum Gasteiger partial charge on any atom is 0.124 e. The molecule has 1 N–H and O–H groups in total. The second-order valence-corrected chi connectivity index (χ2v) is 4.19. The van der Waals surface area contributed by atoms with E-state index < -0.39 is 0 Å². The minimum Gasteiger partial charge on any atom is -0.496 e. The largest absolute Gasteiger partial charge is 0.496 e. The van der Waals surface area contributed by atoms with Gasteiger partial charge in [-0.3, -0.25) is 4.68 Å². The molecule has 1 heterocycles. The Bertz CT molecular complexity index is 477. The number of aromatic nitrogens is 1. The fourth-order valence-electron chi connectivity index (χ4n) is 1.91. The van der Waals surface area contributed by atoms with Gasteiger partial charge in [0.25, 0.3) is 0 Å². The highest BCUT2D eigenvalue weighted by Gasteiger charge is 2.11. The van der Waals surface area contributed by atoms with Crippen LogP contribution in [0, 0.1) is 6.92 Å². The average molecular weight is 230 g/mol. The molecule has 2 aromatic rings. The van der Waals surface area contributed by atoms with Crippen LogP contribution < -0.4 is 10.2 Å². The van der Waals surface area contributed by atoms with Crippen molar-refractivity contribution in [1.29, 1.82) is 0 Å². The molecule has 0 saturated heterocycles. The number of methoxy groups -OCH3 is 1. The van der Waals surface area contributed by atoms with Gasteiger partial charge < -0.3 is 10.2 Å². The highest BCUT2D eigenvalue weighted by atomic mass is 16.5. The highest BCUT2D eigenvalue weighted by Crippen LogP contribution is 2.26. The third-order valence-electron chi connectivity index (χ3n) is 2.80. The van der Waals surface area contributed by atoms with Crippen LogP contribution in [0.5, 0.6) is 5.75 Å². The van der Waals surface area contributed by atoms with E-state index in [-0.39, 0.29) is 6.04 Å². The standard InChI is InChI=1S/C14H18N2O/c1-11-6-7-14(17-3)13(10-11)12(2)15-16-8-4-5-9-16/h4-10,12,15H,1-3H3. The first kappa shape index (κ1) is 11.6. The Kier molecular flexibility index (Phi) is 3.38. The number of hydrogen-bond donors (Lipinski definition) is 1. The zero-order chi connectivity index (χ0) is 12.3. The van der Waals surface area contributed by atoms with E-state index in [0.717, 1.165) is 5.75 Å². The van der Waals surface area contributed by atoms with E-state index in [0.29, 0.717) is 0 Å². The van der Waals surface area contributed by atoms with Crippen molar-refractivity contribution in [1.82, 2.24) is 4.68 Å². The summed E-state index contributed by atoms with van der Waals surface area (Å²) in [4.78, 5) is 0. The Hall–Kier alpha value is -1.90. The van der Waals surface area contributed by atoms with Gasteiger partial charge in [-0.2, -0.15) is 0 Å². The third kappa shape index (κ3) is 2.61. The topological polar surface area (TPSA) is 26.2 Å². The molecule has 0 spiro atoms. The second kappa shape index (κ2) is 4.95. The molecule has 0 aliphatic rings. The number of nitrogens with one attached hydrogen (secondary N) is 1. The molecule has 0 bridgehead atoms. The van der Waals surface area contributed by atoms with Crippen molar-refractivity contribution in [2.24, 2.45) is 0 Å². The molecule has 0 radical (unpaired) electrons. The van der Waals surface area contributed by atoms with Crippen molar-refractivity contribution >= 4 is 0 Å². The lowest BCUT2D eigenvalue weighted by Crippen LogP contribution is -2.17. The number of benzene rings is 1. The van der Waals surface area contributed by atoms with Gasteiger partial charge in [-0.15, -0.1) is 0 Å². The van der Waals surface area contributed by atoms with Crippen molar-refractivity contribution in [3.8, 4) is 5.75 Å². The quantitative estimate of drug-likeness (QED) is 0.873. The van der Waals surface area contributed by atoms with Gasteiger partial charge in [0.05, 0.1) is 13.2 Å². The minimum atomic E-state index is 0.192. The summed E-state index contributed by atoms with van der Waals surface area (Å²) in [6, 6.07) is 10.4. The predicted octanol–water partition coefficient (Wildman–Crippen LogP) is 3.11. The van der Waals surface area contributed by atoms with Gasteiger partial charge in [0.2, 0.25) is 0 Å². The van der Waals surface area contributed by atoms with Crippen molar-refractivity contribution in [3.63, 3.8) is 0 Å². The Balaban J connectivity index is 2.23. The SMILES string of the molecule is COc1ccc(C)cc1C(C)Nn1cccc1. The van der Waals surface area contributed by atoms with Crippen LogP contribution in [-0.2, 0) is 0 Å². The van der Waals surface area contributed by atoms with Crippen LogP contribution in [-0.4, -0.2) is 11.8 Å². The lowest BCUT2D eigenvalue weighted by molar-refractivity contribution is 0.406. The highest BCUT2D eigenvalue weighted by molar-refractivity contribution is 5.39. The number of rotatable bonds is 4. The Morgan fingerprint density at radius 2 is 1.94 bits per heavy atom. The lowest BCUT2D eigenvalue weighted by atomic mass is 10.0. The van der Waals surface area contributed by atoms with Crippen LogP contribution in [0.4, 0.5) is 0 Å². The van der Waals surface area contributed by atoms with Gasteiger partial charge in [0, 0.05) is 18.0 Å². The first-order chi connectivity index (χ1) is 8.20. The molecule has 0 saturated carbocycles. The molecule has 3 heteroatoms. The average Bonchev–Trinajstić information content (AvgIpc) is 2.81. The molecule has 1 atom stereocenters. The van der Waals surface area contributed by atoms with Crippen LogP contribution in [0.2, 0.25) is 0 Å². The minimum absolute atomic E-state index is 0.192. The molecule has 0 fully saturated rings. The summed E-state index contributed by atoms with van der Waals surface area (Å²) in [5, 5.41) is 0. The molecular formula is C14H18N2O. The van der Waals surface area contributed by atoms with Crippen molar-refractivity contribution < 1.29 is 4.74 Å². The summed E-state index contributed by atoms with van der Waals surface area (Å²) < 4.78 is 7.34. The fraction of sp³-hybridized carbons (Fsp3) is 0.286. The predicted molar refractivity (Wildman–Crippen MR) is 69.9 cm³/mol. The van der Waals surface area contributed by atoms with E-state index in [1.54, 1.807) is 7.11 Å². The van der Waals surface area contributed by atoms with Crippen molar-refractivity contribution in [3.05, 3.63) is 53.9 Å². The molecule has 0 aliphatic heterocycles. The summed E-state index contributed by atoms with van der Waals surface area (Å²) in [6.07, 6.45) is 3.97. The van der Waals surface area contributed by atoms with Crippen LogP contribution in [0.25, 0.3) is 0 Å². The summed E-state index contributed by atoms with van der Waals surface area (Å²) in [5.41, 5.74) is 5.78. The maximum atomic E-state index is 5.39. The lowest BCUT2D eigenvalue weighted by Gasteiger charge is -2.19. The molecule has 90 valence electrons. The molecule has 3 nitrogen and oxygen atoms in total. The number of aryl methyl sites for hydroxylation is 1. The van der Waals surface area contributed by atoms with E-state index in [1.165, 1.54) is 11.1 Å². The molecular weight excluding hydrogens is 212 g/mol. The van der Waals surface area contributed by atoms with E-state index in [4.69, 9.17) is 4.74 Å². The van der Waals surface area contributed by atoms with Crippen LogP contribution in [0.15, 0.2) is 42.7 Å². The van der Waals surface area contributed by atoms with E-state index >= 15 is 0 Å². The van der Waals surface area contributed by atoms with Crippen LogP contribution in [0.3, 0.4) is 0 Å².